The second-order valence-corrected chi connectivity index (χ2v) is 12.2. The molecule has 2 aromatic rings. The minimum absolute atomic E-state index is 0.0221. The van der Waals surface area contributed by atoms with Crippen LogP contribution in [0.1, 0.15) is 20.8 Å². The van der Waals surface area contributed by atoms with Crippen LogP contribution in [0.3, 0.4) is 0 Å². The zero-order valence-corrected chi connectivity index (χ0v) is 18.0. The predicted molar refractivity (Wildman–Crippen MR) is 116 cm³/mol. The molecule has 0 heterocycles. The van der Waals surface area contributed by atoms with Gasteiger partial charge in [-0.25, -0.2) is 0 Å². The molecule has 0 bridgehead atoms. The van der Waals surface area contributed by atoms with E-state index in [0.717, 1.165) is 16.5 Å². The molecule has 0 fully saturated rings. The van der Waals surface area contributed by atoms with Crippen molar-refractivity contribution in [1.29, 1.82) is 0 Å². The van der Waals surface area contributed by atoms with Crippen LogP contribution in [0.15, 0.2) is 85.0 Å². The maximum atomic E-state index is 6.81. The molecule has 0 N–H and O–H groups in total. The third-order valence-corrected chi connectivity index (χ3v) is 10.2. The average molecular weight is 415 g/mol. The van der Waals surface area contributed by atoms with Gasteiger partial charge in [0.1, 0.15) is 0 Å². The van der Waals surface area contributed by atoms with Gasteiger partial charge in [0.05, 0.1) is 6.61 Å². The monoisotopic (exact) mass is 414 g/mol. The topological polar surface area (TPSA) is 9.23 Å². The summed E-state index contributed by atoms with van der Waals surface area (Å²) in [6.07, 6.45) is 0. The quantitative estimate of drug-likeness (QED) is 0.349. The van der Waals surface area contributed by atoms with E-state index in [1.807, 2.05) is 0 Å². The molecule has 0 radical (unpaired) electrons. The van der Waals surface area contributed by atoms with Crippen LogP contribution in [-0.4, -0.2) is 20.3 Å². The van der Waals surface area contributed by atoms with Gasteiger partial charge in [-0.05, 0) is 26.6 Å². The van der Waals surface area contributed by atoms with Gasteiger partial charge >= 0.3 is 0 Å². The zero-order chi connectivity index (χ0) is 18.5. The van der Waals surface area contributed by atoms with Crippen molar-refractivity contribution in [3.63, 3.8) is 0 Å². The molecule has 2 rings (SSSR count). The summed E-state index contributed by atoms with van der Waals surface area (Å²) in [4.78, 5) is 0. The molecule has 132 valence electrons. The van der Waals surface area contributed by atoms with E-state index in [9.17, 15) is 0 Å². The van der Waals surface area contributed by atoms with Gasteiger partial charge in [0.25, 0.3) is 8.32 Å². The van der Waals surface area contributed by atoms with E-state index >= 15 is 0 Å². The lowest BCUT2D eigenvalue weighted by Gasteiger charge is -2.43. The van der Waals surface area contributed by atoms with Crippen LogP contribution < -0.4 is 10.4 Å². The summed E-state index contributed by atoms with van der Waals surface area (Å²) >= 11 is 3.46. The summed E-state index contributed by atoms with van der Waals surface area (Å²) in [5.41, 5.74) is 1.93. The Morgan fingerprint density at radius 2 is 1.32 bits per heavy atom. The van der Waals surface area contributed by atoms with E-state index in [-0.39, 0.29) is 5.04 Å². The third-order valence-electron chi connectivity index (χ3n) is 4.54. The molecule has 0 amide bonds. The van der Waals surface area contributed by atoms with Crippen LogP contribution in [-0.2, 0) is 4.43 Å². The van der Waals surface area contributed by atoms with Gasteiger partial charge < -0.3 is 4.43 Å². The molecular formula is C22H27BrOSi. The highest BCUT2D eigenvalue weighted by molar-refractivity contribution is 9.09. The highest BCUT2D eigenvalue weighted by atomic mass is 79.9. The first-order valence-corrected chi connectivity index (χ1v) is 11.5. The Kier molecular flexibility index (Phi) is 6.61. The smallest absolute Gasteiger partial charge is 0.261 e. The molecule has 0 saturated carbocycles. The van der Waals surface area contributed by atoms with Crippen LogP contribution in [0.4, 0.5) is 0 Å². The van der Waals surface area contributed by atoms with Crippen LogP contribution >= 0.6 is 15.9 Å². The van der Waals surface area contributed by atoms with Crippen LogP contribution in [0.2, 0.25) is 5.04 Å². The van der Waals surface area contributed by atoms with Gasteiger partial charge in [-0.15, -0.1) is 0 Å². The molecule has 25 heavy (non-hydrogen) atoms. The first kappa shape index (κ1) is 19.9. The van der Waals surface area contributed by atoms with Gasteiger partial charge in [-0.1, -0.05) is 111 Å². The van der Waals surface area contributed by atoms with Gasteiger partial charge in [0, 0.05) is 5.33 Å². The molecule has 0 unspecified atom stereocenters. The van der Waals surface area contributed by atoms with E-state index < -0.39 is 8.32 Å². The number of hydrogen-bond donors (Lipinski definition) is 0. The summed E-state index contributed by atoms with van der Waals surface area (Å²) < 4.78 is 6.81. The summed E-state index contributed by atoms with van der Waals surface area (Å²) in [6.45, 7) is 15.6. The second kappa shape index (κ2) is 8.30. The van der Waals surface area contributed by atoms with Crippen molar-refractivity contribution < 1.29 is 4.43 Å². The van der Waals surface area contributed by atoms with Crippen molar-refractivity contribution >= 4 is 34.6 Å². The third kappa shape index (κ3) is 4.22. The fourth-order valence-electron chi connectivity index (χ4n) is 3.15. The standard InChI is InChI=1S/C22H27BrOSi/c1-18(16-23)19(2)17-24-25(22(3,4)5,20-12-8-6-9-13-20)21-14-10-7-11-15-21/h6-15H,1-2,16-17H2,3-5H3. The fourth-order valence-corrected chi connectivity index (χ4v) is 8.10. The first-order chi connectivity index (χ1) is 11.8. The molecular weight excluding hydrogens is 388 g/mol. The molecule has 0 aromatic heterocycles. The predicted octanol–water partition coefficient (Wildman–Crippen LogP) is 5.07. The molecule has 0 spiro atoms. The Hall–Kier alpha value is -1.42. The number of halogens is 1. The van der Waals surface area contributed by atoms with Gasteiger partial charge in [0.15, 0.2) is 0 Å². The fraction of sp³-hybridized carbons (Fsp3) is 0.273. The van der Waals surface area contributed by atoms with Crippen molar-refractivity contribution in [2.45, 2.75) is 25.8 Å². The minimum Gasteiger partial charge on any atom is -0.403 e. The van der Waals surface area contributed by atoms with E-state index in [1.54, 1.807) is 0 Å². The Morgan fingerprint density at radius 1 is 0.880 bits per heavy atom. The zero-order valence-electron chi connectivity index (χ0n) is 15.4. The highest BCUT2D eigenvalue weighted by Crippen LogP contribution is 2.37. The lowest BCUT2D eigenvalue weighted by atomic mass is 10.2. The van der Waals surface area contributed by atoms with E-state index in [4.69, 9.17) is 4.43 Å². The van der Waals surface area contributed by atoms with Crippen LogP contribution in [0, 0.1) is 0 Å². The lowest BCUT2D eigenvalue weighted by molar-refractivity contribution is 0.332. The lowest BCUT2D eigenvalue weighted by Crippen LogP contribution is -2.66. The SMILES string of the molecule is C=C(CBr)C(=C)CO[Si](c1ccccc1)(c1ccccc1)C(C)(C)C. The molecule has 0 aliphatic heterocycles. The van der Waals surface area contributed by atoms with Gasteiger partial charge in [0.2, 0.25) is 0 Å². The van der Waals surface area contributed by atoms with E-state index in [2.05, 4.69) is 111 Å². The van der Waals surface area contributed by atoms with Crippen molar-refractivity contribution in [3.05, 3.63) is 85.0 Å². The summed E-state index contributed by atoms with van der Waals surface area (Å²) in [5, 5.41) is 3.26. The van der Waals surface area contributed by atoms with E-state index in [1.165, 1.54) is 10.4 Å². The molecule has 0 atom stereocenters. The van der Waals surface area contributed by atoms with Crippen molar-refractivity contribution in [1.82, 2.24) is 0 Å². The van der Waals surface area contributed by atoms with Crippen LogP contribution in [0.25, 0.3) is 0 Å². The molecule has 0 aliphatic rings. The van der Waals surface area contributed by atoms with Crippen LogP contribution in [0.5, 0.6) is 0 Å². The Labute approximate surface area is 161 Å². The normalized spacial score (nSPS) is 12.0. The maximum Gasteiger partial charge on any atom is 0.261 e. The number of alkyl halides is 1. The molecule has 2 aromatic carbocycles. The van der Waals surface area contributed by atoms with Crippen molar-refractivity contribution in [3.8, 4) is 0 Å². The highest BCUT2D eigenvalue weighted by Gasteiger charge is 2.50. The Morgan fingerprint density at radius 3 is 1.68 bits per heavy atom. The first-order valence-electron chi connectivity index (χ1n) is 8.50. The number of benzene rings is 2. The molecule has 1 nitrogen and oxygen atoms in total. The second-order valence-electron chi connectivity index (χ2n) is 7.29. The van der Waals surface area contributed by atoms with Gasteiger partial charge in [-0.3, -0.25) is 0 Å². The number of rotatable bonds is 7. The maximum absolute atomic E-state index is 6.81. The molecule has 0 saturated heterocycles. The average Bonchev–Trinajstić information content (AvgIpc) is 2.62. The summed E-state index contributed by atoms with van der Waals surface area (Å²) in [5.74, 6) is 0. The largest absolute Gasteiger partial charge is 0.403 e. The summed E-state index contributed by atoms with van der Waals surface area (Å²) in [6, 6.07) is 21.3. The number of hydrogen-bond acceptors (Lipinski definition) is 1. The minimum atomic E-state index is -2.49. The van der Waals surface area contributed by atoms with Crippen molar-refractivity contribution in [2.75, 3.05) is 11.9 Å². The van der Waals surface area contributed by atoms with E-state index in [0.29, 0.717) is 6.61 Å². The van der Waals surface area contributed by atoms with Crippen molar-refractivity contribution in [2.24, 2.45) is 0 Å². The summed E-state index contributed by atoms with van der Waals surface area (Å²) in [7, 11) is -2.49. The Balaban J connectivity index is 2.57. The molecule has 0 aliphatic carbocycles. The molecule has 3 heteroatoms. The Bertz CT molecular complexity index is 677. The van der Waals surface area contributed by atoms with Gasteiger partial charge in [-0.2, -0.15) is 0 Å².